The van der Waals surface area contributed by atoms with Crippen LogP contribution in [-0.4, -0.2) is 44.1 Å². The van der Waals surface area contributed by atoms with Crippen LogP contribution in [-0.2, 0) is 19.6 Å². The van der Waals surface area contributed by atoms with E-state index < -0.39 is 21.8 Å². The van der Waals surface area contributed by atoms with Crippen LogP contribution in [0.25, 0.3) is 0 Å². The van der Waals surface area contributed by atoms with Crippen molar-refractivity contribution in [1.82, 2.24) is 4.90 Å². The summed E-state index contributed by atoms with van der Waals surface area (Å²) in [5.41, 5.74) is 0.869. The standard InChI is InChI=1S/C21H21FN4O4S/c1-13(27)23-15-8-9-17(22)18(11-15)24-21(28)14-5-4-10-26(12-14)20-16-6-2-3-7-19(16)31(29,30)25-20/h2-3,6-9,11,14H,4-5,10,12H2,1H3,(H,23,27)(H,24,28). The van der Waals surface area contributed by atoms with Gasteiger partial charge in [-0.15, -0.1) is 4.40 Å². The topological polar surface area (TPSA) is 108 Å². The van der Waals surface area contributed by atoms with Gasteiger partial charge in [0.2, 0.25) is 11.8 Å². The number of rotatable bonds is 3. The summed E-state index contributed by atoms with van der Waals surface area (Å²) in [5.74, 6) is -1.43. The van der Waals surface area contributed by atoms with Gasteiger partial charge >= 0.3 is 0 Å². The molecule has 2 aromatic carbocycles. The van der Waals surface area contributed by atoms with E-state index in [4.69, 9.17) is 0 Å². The van der Waals surface area contributed by atoms with Gasteiger partial charge in [0.1, 0.15) is 10.7 Å². The van der Waals surface area contributed by atoms with E-state index in [1.54, 1.807) is 23.1 Å². The molecule has 2 aromatic rings. The minimum Gasteiger partial charge on any atom is -0.355 e. The van der Waals surface area contributed by atoms with E-state index in [1.807, 2.05) is 0 Å². The average molecular weight is 444 g/mol. The number of fused-ring (bicyclic) bond motifs is 1. The van der Waals surface area contributed by atoms with Gasteiger partial charge in [-0.1, -0.05) is 12.1 Å². The maximum absolute atomic E-state index is 14.2. The predicted octanol–water partition coefficient (Wildman–Crippen LogP) is 2.58. The van der Waals surface area contributed by atoms with Gasteiger partial charge in [0, 0.05) is 31.3 Å². The molecule has 0 saturated carbocycles. The quantitative estimate of drug-likeness (QED) is 0.757. The first-order chi connectivity index (χ1) is 14.7. The number of anilines is 2. The van der Waals surface area contributed by atoms with E-state index in [-0.39, 0.29) is 28.9 Å². The normalized spacial score (nSPS) is 19.4. The molecule has 8 nitrogen and oxygen atoms in total. The van der Waals surface area contributed by atoms with Gasteiger partial charge in [-0.05, 0) is 43.2 Å². The first-order valence-corrected chi connectivity index (χ1v) is 11.3. The monoisotopic (exact) mass is 444 g/mol. The Kier molecular flexibility index (Phi) is 5.48. The molecule has 0 aliphatic carbocycles. The lowest BCUT2D eigenvalue weighted by atomic mass is 9.96. The summed E-state index contributed by atoms with van der Waals surface area (Å²) in [6.45, 7) is 2.17. The number of hydrogen-bond donors (Lipinski definition) is 2. The van der Waals surface area contributed by atoms with Gasteiger partial charge in [-0.2, -0.15) is 8.42 Å². The van der Waals surface area contributed by atoms with E-state index >= 15 is 0 Å². The van der Waals surface area contributed by atoms with Crippen LogP contribution in [0.3, 0.4) is 0 Å². The Bertz CT molecular complexity index is 1200. The van der Waals surface area contributed by atoms with Crippen LogP contribution in [0.4, 0.5) is 15.8 Å². The Hall–Kier alpha value is -3.27. The fourth-order valence-electron chi connectivity index (χ4n) is 3.84. The molecular formula is C21H21FN4O4S. The number of piperidine rings is 1. The fourth-order valence-corrected chi connectivity index (χ4v) is 5.06. The van der Waals surface area contributed by atoms with Crippen LogP contribution in [0.1, 0.15) is 25.3 Å². The van der Waals surface area contributed by atoms with Crippen LogP contribution in [0.15, 0.2) is 51.8 Å². The summed E-state index contributed by atoms with van der Waals surface area (Å²) in [7, 11) is -3.75. The smallest absolute Gasteiger partial charge is 0.285 e. The van der Waals surface area contributed by atoms with Gasteiger partial charge in [0.15, 0.2) is 5.84 Å². The van der Waals surface area contributed by atoms with Gasteiger partial charge in [-0.25, -0.2) is 4.39 Å². The molecule has 10 heteroatoms. The molecule has 0 bridgehead atoms. The zero-order chi connectivity index (χ0) is 22.2. The summed E-state index contributed by atoms with van der Waals surface area (Å²) >= 11 is 0. The highest BCUT2D eigenvalue weighted by molar-refractivity contribution is 7.90. The van der Waals surface area contributed by atoms with Crippen molar-refractivity contribution < 1.29 is 22.4 Å². The largest absolute Gasteiger partial charge is 0.355 e. The van der Waals surface area contributed by atoms with Crippen molar-refractivity contribution in [1.29, 1.82) is 0 Å². The van der Waals surface area contributed by atoms with Crippen LogP contribution < -0.4 is 10.6 Å². The number of amides is 2. The van der Waals surface area contributed by atoms with Crippen LogP contribution in [0, 0.1) is 11.7 Å². The van der Waals surface area contributed by atoms with Gasteiger partial charge in [-0.3, -0.25) is 9.59 Å². The van der Waals surface area contributed by atoms with Crippen molar-refractivity contribution in [3.05, 3.63) is 53.8 Å². The Morgan fingerprint density at radius 1 is 1.16 bits per heavy atom. The number of carbonyl (C=O) groups excluding carboxylic acids is 2. The molecule has 2 aliphatic heterocycles. The molecule has 31 heavy (non-hydrogen) atoms. The Balaban J connectivity index is 1.51. The third-order valence-electron chi connectivity index (χ3n) is 5.25. The minimum atomic E-state index is -3.75. The molecule has 2 N–H and O–H groups in total. The highest BCUT2D eigenvalue weighted by Crippen LogP contribution is 2.30. The number of benzene rings is 2. The summed E-state index contributed by atoms with van der Waals surface area (Å²) in [6, 6.07) is 10.5. The van der Waals surface area contributed by atoms with Crippen molar-refractivity contribution >= 4 is 39.0 Å². The number of nitrogens with zero attached hydrogens (tertiary/aromatic N) is 2. The number of hydrogen-bond acceptors (Lipinski definition) is 5. The first kappa shape index (κ1) is 21.0. The molecule has 1 atom stereocenters. The van der Waals surface area contributed by atoms with E-state index in [9.17, 15) is 22.4 Å². The van der Waals surface area contributed by atoms with E-state index in [2.05, 4.69) is 15.0 Å². The molecular weight excluding hydrogens is 423 g/mol. The molecule has 1 unspecified atom stereocenters. The highest BCUT2D eigenvalue weighted by Gasteiger charge is 2.35. The molecule has 162 valence electrons. The summed E-state index contributed by atoms with van der Waals surface area (Å²) in [6.07, 6.45) is 1.24. The molecule has 2 heterocycles. The second-order valence-electron chi connectivity index (χ2n) is 7.54. The van der Waals surface area contributed by atoms with Crippen LogP contribution >= 0.6 is 0 Å². The predicted molar refractivity (Wildman–Crippen MR) is 114 cm³/mol. The van der Waals surface area contributed by atoms with E-state index in [0.717, 1.165) is 0 Å². The lowest BCUT2D eigenvalue weighted by Gasteiger charge is -2.33. The van der Waals surface area contributed by atoms with Gasteiger partial charge in [0.05, 0.1) is 11.6 Å². The summed E-state index contributed by atoms with van der Waals surface area (Å²) in [4.78, 5) is 26.0. The molecule has 0 radical (unpaired) electrons. The second-order valence-corrected chi connectivity index (χ2v) is 9.11. The third kappa shape index (κ3) is 4.29. The number of halogens is 1. The lowest BCUT2D eigenvalue weighted by molar-refractivity contribution is -0.121. The Morgan fingerprint density at radius 3 is 2.71 bits per heavy atom. The maximum Gasteiger partial charge on any atom is 0.285 e. The van der Waals surface area contributed by atoms with Crippen molar-refractivity contribution in [2.24, 2.45) is 10.3 Å². The summed E-state index contributed by atoms with van der Waals surface area (Å²) in [5, 5.41) is 5.14. The number of nitrogens with one attached hydrogen (secondary N) is 2. The molecule has 0 aromatic heterocycles. The van der Waals surface area contributed by atoms with Crippen molar-refractivity contribution in [3.8, 4) is 0 Å². The number of likely N-dealkylation sites (tertiary alicyclic amines) is 1. The molecule has 4 rings (SSSR count). The number of amidine groups is 1. The lowest BCUT2D eigenvalue weighted by Crippen LogP contribution is -2.43. The molecule has 1 saturated heterocycles. The SMILES string of the molecule is CC(=O)Nc1ccc(F)c(NC(=O)C2CCCN(C3=NS(=O)(=O)c4ccccc43)C2)c1. The Labute approximate surface area is 179 Å². The van der Waals surface area contributed by atoms with Crippen molar-refractivity contribution in [2.45, 2.75) is 24.7 Å². The van der Waals surface area contributed by atoms with Gasteiger partial charge in [0.25, 0.3) is 10.0 Å². The van der Waals surface area contributed by atoms with Gasteiger partial charge < -0.3 is 15.5 Å². The van der Waals surface area contributed by atoms with Crippen molar-refractivity contribution in [3.63, 3.8) is 0 Å². The first-order valence-electron chi connectivity index (χ1n) is 9.82. The molecule has 2 aliphatic rings. The third-order valence-corrected chi connectivity index (χ3v) is 6.57. The second kappa shape index (κ2) is 8.10. The zero-order valence-electron chi connectivity index (χ0n) is 16.8. The molecule has 0 spiro atoms. The Morgan fingerprint density at radius 2 is 1.94 bits per heavy atom. The van der Waals surface area contributed by atoms with E-state index in [0.29, 0.717) is 36.5 Å². The highest BCUT2D eigenvalue weighted by atomic mass is 32.2. The minimum absolute atomic E-state index is 0.0282. The van der Waals surface area contributed by atoms with Crippen molar-refractivity contribution in [2.75, 3.05) is 23.7 Å². The number of carbonyl (C=O) groups is 2. The average Bonchev–Trinajstić information content (AvgIpc) is 3.01. The van der Waals surface area contributed by atoms with Crippen LogP contribution in [0.2, 0.25) is 0 Å². The molecule has 2 amide bonds. The fraction of sp³-hybridized carbons (Fsp3) is 0.286. The molecule has 1 fully saturated rings. The van der Waals surface area contributed by atoms with E-state index in [1.165, 1.54) is 31.2 Å². The zero-order valence-corrected chi connectivity index (χ0v) is 17.6. The number of sulfonamides is 1. The maximum atomic E-state index is 14.2. The van der Waals surface area contributed by atoms with Crippen LogP contribution in [0.5, 0.6) is 0 Å². The summed E-state index contributed by atoms with van der Waals surface area (Å²) < 4.78 is 42.8.